The average molecular weight is 260 g/mol. The van der Waals surface area contributed by atoms with Gasteiger partial charge in [0.1, 0.15) is 0 Å². The van der Waals surface area contributed by atoms with E-state index < -0.39 is 0 Å². The Balaban J connectivity index is 2.02. The SMILES string of the molecule is CCCCCC(N=C(N)N)C1Cc2ccccc2N1. The van der Waals surface area contributed by atoms with Crippen molar-refractivity contribution in [1.29, 1.82) is 0 Å². The molecule has 0 aliphatic carbocycles. The van der Waals surface area contributed by atoms with E-state index in [-0.39, 0.29) is 12.0 Å². The van der Waals surface area contributed by atoms with Gasteiger partial charge in [0.2, 0.25) is 0 Å². The van der Waals surface area contributed by atoms with Gasteiger partial charge in [0.25, 0.3) is 0 Å². The lowest BCUT2D eigenvalue weighted by atomic mass is 9.99. The van der Waals surface area contributed by atoms with E-state index in [0.29, 0.717) is 6.04 Å². The van der Waals surface area contributed by atoms with Crippen molar-refractivity contribution in [1.82, 2.24) is 0 Å². The fourth-order valence-corrected chi connectivity index (χ4v) is 2.71. The summed E-state index contributed by atoms with van der Waals surface area (Å²) < 4.78 is 0. The predicted molar refractivity (Wildman–Crippen MR) is 81.3 cm³/mol. The quantitative estimate of drug-likeness (QED) is 0.417. The van der Waals surface area contributed by atoms with Gasteiger partial charge in [0.15, 0.2) is 5.96 Å². The Kier molecular flexibility index (Phi) is 4.66. The van der Waals surface area contributed by atoms with E-state index in [2.05, 4.69) is 41.5 Å². The van der Waals surface area contributed by atoms with Crippen LogP contribution in [0.3, 0.4) is 0 Å². The minimum Gasteiger partial charge on any atom is -0.380 e. The standard InChI is InChI=1S/C15H24N4/c1-2-3-4-9-13(19-15(16)17)14-10-11-7-5-6-8-12(11)18-14/h5-8,13-14,18H,2-4,9-10H2,1H3,(H4,16,17,19). The number of anilines is 1. The van der Waals surface area contributed by atoms with Crippen molar-refractivity contribution >= 4 is 11.6 Å². The van der Waals surface area contributed by atoms with E-state index in [1.54, 1.807) is 0 Å². The topological polar surface area (TPSA) is 76.4 Å². The maximum atomic E-state index is 5.57. The highest BCUT2D eigenvalue weighted by Crippen LogP contribution is 2.29. The predicted octanol–water partition coefficient (Wildman–Crippen LogP) is 2.25. The molecule has 4 heteroatoms. The summed E-state index contributed by atoms with van der Waals surface area (Å²) >= 11 is 0. The van der Waals surface area contributed by atoms with Crippen molar-refractivity contribution in [2.75, 3.05) is 5.32 Å². The second kappa shape index (κ2) is 6.45. The molecule has 0 fully saturated rings. The fraction of sp³-hybridized carbons (Fsp3) is 0.533. The van der Waals surface area contributed by atoms with Crippen LogP contribution < -0.4 is 16.8 Å². The molecule has 1 aromatic rings. The van der Waals surface area contributed by atoms with Crippen LogP contribution in [0, 0.1) is 0 Å². The molecule has 0 amide bonds. The summed E-state index contributed by atoms with van der Waals surface area (Å²) in [6.07, 6.45) is 5.66. The summed E-state index contributed by atoms with van der Waals surface area (Å²) in [5.74, 6) is 0.194. The van der Waals surface area contributed by atoms with Gasteiger partial charge in [-0.3, -0.25) is 0 Å². The number of benzene rings is 1. The number of unbranched alkanes of at least 4 members (excludes halogenated alkanes) is 2. The van der Waals surface area contributed by atoms with Crippen LogP contribution in [0.2, 0.25) is 0 Å². The highest BCUT2D eigenvalue weighted by Gasteiger charge is 2.27. The highest BCUT2D eigenvalue weighted by molar-refractivity contribution is 5.76. The number of hydrogen-bond acceptors (Lipinski definition) is 2. The molecule has 0 saturated carbocycles. The zero-order valence-electron chi connectivity index (χ0n) is 11.6. The summed E-state index contributed by atoms with van der Waals surface area (Å²) in [6, 6.07) is 8.91. The molecule has 2 atom stereocenters. The number of nitrogens with two attached hydrogens (primary N) is 2. The molecule has 0 bridgehead atoms. The summed E-state index contributed by atoms with van der Waals surface area (Å²) in [5.41, 5.74) is 13.7. The molecule has 104 valence electrons. The number of fused-ring (bicyclic) bond motifs is 1. The molecule has 1 aliphatic heterocycles. The monoisotopic (exact) mass is 260 g/mol. The fourth-order valence-electron chi connectivity index (χ4n) is 2.71. The minimum atomic E-state index is 0.170. The summed E-state index contributed by atoms with van der Waals surface area (Å²) in [6.45, 7) is 2.21. The lowest BCUT2D eigenvalue weighted by Crippen LogP contribution is -2.34. The molecule has 2 rings (SSSR count). The maximum absolute atomic E-state index is 5.57. The molecule has 1 aliphatic rings. The first kappa shape index (κ1) is 13.7. The Bertz CT molecular complexity index is 413. The Labute approximate surface area is 115 Å². The van der Waals surface area contributed by atoms with Crippen LogP contribution >= 0.6 is 0 Å². The Morgan fingerprint density at radius 2 is 2.16 bits per heavy atom. The highest BCUT2D eigenvalue weighted by atomic mass is 15.1. The van der Waals surface area contributed by atoms with Gasteiger partial charge in [-0.1, -0.05) is 44.4 Å². The largest absolute Gasteiger partial charge is 0.380 e. The van der Waals surface area contributed by atoms with E-state index in [1.807, 2.05) is 0 Å². The first-order valence-electron chi connectivity index (χ1n) is 7.14. The number of nitrogens with zero attached hydrogens (tertiary/aromatic N) is 1. The summed E-state index contributed by atoms with van der Waals surface area (Å²) in [7, 11) is 0. The van der Waals surface area contributed by atoms with Gasteiger partial charge < -0.3 is 16.8 Å². The number of guanidine groups is 1. The second-order valence-corrected chi connectivity index (χ2v) is 5.23. The van der Waals surface area contributed by atoms with Gasteiger partial charge in [-0.25, -0.2) is 4.99 Å². The van der Waals surface area contributed by atoms with E-state index >= 15 is 0 Å². The van der Waals surface area contributed by atoms with Crippen molar-refractivity contribution in [3.8, 4) is 0 Å². The Morgan fingerprint density at radius 1 is 1.37 bits per heavy atom. The molecule has 0 saturated heterocycles. The molecule has 2 unspecified atom stereocenters. The molecule has 19 heavy (non-hydrogen) atoms. The zero-order valence-corrected chi connectivity index (χ0v) is 11.6. The third-order valence-electron chi connectivity index (χ3n) is 3.68. The molecule has 0 radical (unpaired) electrons. The number of aliphatic imine (C=N–C) groups is 1. The smallest absolute Gasteiger partial charge is 0.186 e. The van der Waals surface area contributed by atoms with E-state index in [9.17, 15) is 0 Å². The second-order valence-electron chi connectivity index (χ2n) is 5.23. The lowest BCUT2D eigenvalue weighted by molar-refractivity contribution is 0.502. The first-order valence-corrected chi connectivity index (χ1v) is 7.14. The number of para-hydroxylation sites is 1. The zero-order chi connectivity index (χ0) is 13.7. The lowest BCUT2D eigenvalue weighted by Gasteiger charge is -2.20. The first-order chi connectivity index (χ1) is 9.20. The maximum Gasteiger partial charge on any atom is 0.186 e. The van der Waals surface area contributed by atoms with Crippen LogP contribution in [0.5, 0.6) is 0 Å². The average Bonchev–Trinajstić information content (AvgIpc) is 2.81. The van der Waals surface area contributed by atoms with E-state index in [0.717, 1.165) is 12.8 Å². The van der Waals surface area contributed by atoms with E-state index in [1.165, 1.54) is 30.5 Å². The van der Waals surface area contributed by atoms with Gasteiger partial charge in [-0.15, -0.1) is 0 Å². The van der Waals surface area contributed by atoms with Crippen LogP contribution in [-0.4, -0.2) is 18.0 Å². The molecular formula is C15H24N4. The van der Waals surface area contributed by atoms with Gasteiger partial charge in [-0.05, 0) is 24.5 Å². The molecule has 1 aromatic carbocycles. The number of hydrogen-bond donors (Lipinski definition) is 3. The Hall–Kier alpha value is -1.71. The molecule has 5 N–H and O–H groups in total. The molecular weight excluding hydrogens is 236 g/mol. The van der Waals surface area contributed by atoms with Crippen LogP contribution in [0.1, 0.15) is 38.2 Å². The van der Waals surface area contributed by atoms with Crippen LogP contribution in [0.25, 0.3) is 0 Å². The van der Waals surface area contributed by atoms with E-state index in [4.69, 9.17) is 11.5 Å². The van der Waals surface area contributed by atoms with Crippen molar-refractivity contribution in [3.63, 3.8) is 0 Å². The normalized spacial score (nSPS) is 18.5. The Morgan fingerprint density at radius 3 is 2.84 bits per heavy atom. The molecule has 0 aromatic heterocycles. The molecule has 4 nitrogen and oxygen atoms in total. The third kappa shape index (κ3) is 3.63. The van der Waals surface area contributed by atoms with Gasteiger partial charge in [0.05, 0.1) is 12.1 Å². The van der Waals surface area contributed by atoms with Gasteiger partial charge >= 0.3 is 0 Å². The van der Waals surface area contributed by atoms with Crippen LogP contribution in [-0.2, 0) is 6.42 Å². The van der Waals surface area contributed by atoms with Gasteiger partial charge in [-0.2, -0.15) is 0 Å². The van der Waals surface area contributed by atoms with Crippen molar-refractivity contribution in [3.05, 3.63) is 29.8 Å². The van der Waals surface area contributed by atoms with Crippen molar-refractivity contribution in [2.45, 2.75) is 51.1 Å². The molecule has 1 heterocycles. The number of rotatable bonds is 6. The molecule has 0 spiro atoms. The minimum absolute atomic E-state index is 0.170. The summed E-state index contributed by atoms with van der Waals surface area (Å²) in [4.78, 5) is 4.42. The van der Waals surface area contributed by atoms with Crippen molar-refractivity contribution < 1.29 is 0 Å². The third-order valence-corrected chi connectivity index (χ3v) is 3.68. The summed E-state index contributed by atoms with van der Waals surface area (Å²) in [5, 5.41) is 3.55. The van der Waals surface area contributed by atoms with Crippen LogP contribution in [0.4, 0.5) is 5.69 Å². The van der Waals surface area contributed by atoms with Crippen molar-refractivity contribution in [2.24, 2.45) is 16.5 Å². The van der Waals surface area contributed by atoms with Gasteiger partial charge in [0, 0.05) is 5.69 Å². The van der Waals surface area contributed by atoms with Crippen LogP contribution in [0.15, 0.2) is 29.3 Å². The number of nitrogens with one attached hydrogen (secondary N) is 1.